The van der Waals surface area contributed by atoms with Crippen molar-refractivity contribution in [2.45, 2.75) is 0 Å². The summed E-state index contributed by atoms with van der Waals surface area (Å²) < 4.78 is 31.2. The molecular weight excluding hydrogens is 485 g/mol. The summed E-state index contributed by atoms with van der Waals surface area (Å²) in [4.78, 5) is 18.2. The van der Waals surface area contributed by atoms with E-state index < -0.39 is 0 Å². The van der Waals surface area contributed by atoms with Gasteiger partial charge in [0.15, 0.2) is 11.5 Å². The molecule has 8 nitrogen and oxygen atoms in total. The number of anilines is 2. The highest BCUT2D eigenvalue weighted by molar-refractivity contribution is 6.06. The number of pyridine rings is 1. The lowest BCUT2D eigenvalue weighted by molar-refractivity contribution is 0.355. The third-order valence-electron chi connectivity index (χ3n) is 6.80. The number of piperazine rings is 1. The maximum Gasteiger partial charge on any atom is 0.232 e. The van der Waals surface area contributed by atoms with E-state index >= 15 is 0 Å². The lowest BCUT2D eigenvalue weighted by Gasteiger charge is -2.36. The van der Waals surface area contributed by atoms with E-state index in [9.17, 15) is 4.39 Å². The van der Waals surface area contributed by atoms with Gasteiger partial charge >= 0.3 is 0 Å². The maximum atomic E-state index is 13.9. The number of aromatic nitrogens is 3. The Kier molecular flexibility index (Phi) is 6.25. The molecular formula is C29H26FN5O3. The molecule has 1 fully saturated rings. The molecule has 9 heteroatoms. The largest absolute Gasteiger partial charge is 0.493 e. The zero-order valence-corrected chi connectivity index (χ0v) is 21.1. The zero-order chi connectivity index (χ0) is 26.1. The van der Waals surface area contributed by atoms with Gasteiger partial charge in [0.25, 0.3) is 0 Å². The van der Waals surface area contributed by atoms with Gasteiger partial charge in [0.05, 0.1) is 19.6 Å². The molecule has 2 aromatic carbocycles. The topological polar surface area (TPSA) is 76.8 Å². The highest BCUT2D eigenvalue weighted by Gasteiger charge is 2.27. The van der Waals surface area contributed by atoms with Crippen molar-refractivity contribution in [2.75, 3.05) is 50.2 Å². The number of rotatable bonds is 6. The molecule has 1 saturated heterocycles. The van der Waals surface area contributed by atoms with E-state index in [1.165, 1.54) is 18.5 Å². The summed E-state index contributed by atoms with van der Waals surface area (Å²) in [6, 6.07) is 17.9. The van der Waals surface area contributed by atoms with Gasteiger partial charge in [-0.1, -0.05) is 18.2 Å². The summed E-state index contributed by atoms with van der Waals surface area (Å²) in [5, 5.41) is 0.787. The van der Waals surface area contributed by atoms with Crippen LogP contribution in [0.4, 0.5) is 16.0 Å². The highest BCUT2D eigenvalue weighted by Crippen LogP contribution is 2.45. The fraction of sp³-hybridized carbons (Fsp3) is 0.207. The molecule has 0 spiro atoms. The molecule has 6 rings (SSSR count). The van der Waals surface area contributed by atoms with E-state index in [4.69, 9.17) is 18.9 Å². The number of hydrogen-bond donors (Lipinski definition) is 0. The summed E-state index contributed by atoms with van der Waals surface area (Å²) in [6.07, 6.45) is 3.34. The quantitative estimate of drug-likeness (QED) is 0.299. The van der Waals surface area contributed by atoms with Crippen LogP contribution in [0, 0.1) is 5.82 Å². The van der Waals surface area contributed by atoms with Crippen LogP contribution in [0.25, 0.3) is 33.6 Å². The van der Waals surface area contributed by atoms with Gasteiger partial charge in [-0.25, -0.2) is 19.3 Å². The molecule has 0 aliphatic carbocycles. The minimum absolute atomic E-state index is 0.309. The fourth-order valence-electron chi connectivity index (χ4n) is 4.92. The molecule has 0 N–H and O–H groups in total. The molecule has 0 radical (unpaired) electrons. The van der Waals surface area contributed by atoms with Crippen molar-refractivity contribution in [1.29, 1.82) is 0 Å². The van der Waals surface area contributed by atoms with Gasteiger partial charge in [0.1, 0.15) is 29.5 Å². The van der Waals surface area contributed by atoms with Gasteiger partial charge in [-0.2, -0.15) is 0 Å². The normalized spacial score (nSPS) is 13.7. The first-order valence-corrected chi connectivity index (χ1v) is 12.3. The molecule has 192 valence electrons. The highest BCUT2D eigenvalue weighted by atomic mass is 19.1. The van der Waals surface area contributed by atoms with Crippen molar-refractivity contribution in [3.05, 3.63) is 79.0 Å². The smallest absolute Gasteiger partial charge is 0.232 e. The van der Waals surface area contributed by atoms with Crippen LogP contribution >= 0.6 is 0 Å². The molecule has 4 heterocycles. The van der Waals surface area contributed by atoms with Crippen LogP contribution in [0.1, 0.15) is 0 Å². The Morgan fingerprint density at radius 1 is 0.789 bits per heavy atom. The summed E-state index contributed by atoms with van der Waals surface area (Å²) in [6.45, 7) is 3.11. The van der Waals surface area contributed by atoms with Crippen LogP contribution in [0.2, 0.25) is 0 Å². The Morgan fingerprint density at radius 3 is 2.24 bits per heavy atom. The Labute approximate surface area is 219 Å². The summed E-state index contributed by atoms with van der Waals surface area (Å²) in [7, 11) is 3.19. The molecule has 0 amide bonds. The monoisotopic (exact) mass is 511 g/mol. The van der Waals surface area contributed by atoms with Crippen LogP contribution in [0.3, 0.4) is 0 Å². The standard InChI is InChI=1S/C29H26FN5O3/c1-36-22-11-8-20(17-23(22)37-2)27-25(19-6-9-21(30)10-7-19)26-28(32-18-33-29(26)38-27)35-15-13-34(14-16-35)24-5-3-4-12-31-24/h3-12,17-18H,13-16H2,1-2H3. The van der Waals surface area contributed by atoms with Crippen molar-refractivity contribution in [1.82, 2.24) is 15.0 Å². The van der Waals surface area contributed by atoms with E-state index in [0.717, 1.165) is 59.9 Å². The number of fused-ring (bicyclic) bond motifs is 1. The minimum atomic E-state index is -0.309. The van der Waals surface area contributed by atoms with Crippen LogP contribution in [0.15, 0.2) is 77.6 Å². The molecule has 38 heavy (non-hydrogen) atoms. The molecule has 0 saturated carbocycles. The van der Waals surface area contributed by atoms with E-state index in [1.807, 2.05) is 42.6 Å². The third kappa shape index (κ3) is 4.26. The van der Waals surface area contributed by atoms with Crippen molar-refractivity contribution in [2.24, 2.45) is 0 Å². The molecule has 0 unspecified atom stereocenters. The van der Waals surface area contributed by atoms with E-state index in [0.29, 0.717) is 23.0 Å². The van der Waals surface area contributed by atoms with Crippen LogP contribution in [-0.2, 0) is 0 Å². The van der Waals surface area contributed by atoms with Gasteiger partial charge in [0, 0.05) is 43.5 Å². The van der Waals surface area contributed by atoms with E-state index in [1.54, 1.807) is 26.4 Å². The molecule has 1 aliphatic rings. The first-order chi connectivity index (χ1) is 18.7. The minimum Gasteiger partial charge on any atom is -0.493 e. The fourth-order valence-corrected chi connectivity index (χ4v) is 4.92. The van der Waals surface area contributed by atoms with Gasteiger partial charge in [-0.15, -0.1) is 0 Å². The molecule has 0 atom stereocenters. The number of nitrogens with zero attached hydrogens (tertiary/aromatic N) is 5. The average molecular weight is 512 g/mol. The summed E-state index contributed by atoms with van der Waals surface area (Å²) in [5.41, 5.74) is 2.85. The van der Waals surface area contributed by atoms with E-state index in [-0.39, 0.29) is 5.82 Å². The second-order valence-electron chi connectivity index (χ2n) is 8.92. The SMILES string of the molecule is COc1ccc(-c2oc3ncnc(N4CCN(c5ccccn5)CC4)c3c2-c2ccc(F)cc2)cc1OC. The van der Waals surface area contributed by atoms with Crippen molar-refractivity contribution >= 4 is 22.7 Å². The molecule has 0 bridgehead atoms. The molecule has 3 aromatic heterocycles. The third-order valence-corrected chi connectivity index (χ3v) is 6.80. The Morgan fingerprint density at radius 2 is 1.53 bits per heavy atom. The molecule has 5 aromatic rings. The Balaban J connectivity index is 1.47. The Hall–Kier alpha value is -4.66. The number of methoxy groups -OCH3 is 2. The van der Waals surface area contributed by atoms with Crippen molar-refractivity contribution < 1.29 is 18.3 Å². The van der Waals surface area contributed by atoms with Gasteiger partial charge in [-0.3, -0.25) is 0 Å². The lowest BCUT2D eigenvalue weighted by atomic mass is 9.98. The number of benzene rings is 2. The van der Waals surface area contributed by atoms with Crippen LogP contribution in [0.5, 0.6) is 11.5 Å². The Bertz CT molecular complexity index is 1570. The molecule has 1 aliphatic heterocycles. The number of ether oxygens (including phenoxy) is 2. The lowest BCUT2D eigenvalue weighted by Crippen LogP contribution is -2.47. The first-order valence-electron chi connectivity index (χ1n) is 12.3. The second kappa shape index (κ2) is 10.0. The number of hydrogen-bond acceptors (Lipinski definition) is 8. The van der Waals surface area contributed by atoms with Crippen LogP contribution < -0.4 is 19.3 Å². The predicted octanol–water partition coefficient (Wildman–Crippen LogP) is 5.43. The second-order valence-corrected chi connectivity index (χ2v) is 8.92. The van der Waals surface area contributed by atoms with Crippen molar-refractivity contribution in [3.63, 3.8) is 0 Å². The average Bonchev–Trinajstić information content (AvgIpc) is 3.37. The summed E-state index contributed by atoms with van der Waals surface area (Å²) >= 11 is 0. The first kappa shape index (κ1) is 23.7. The van der Waals surface area contributed by atoms with Gasteiger partial charge in [-0.05, 0) is 48.0 Å². The number of halogens is 1. The summed E-state index contributed by atoms with van der Waals surface area (Å²) in [5.74, 6) is 3.23. The van der Waals surface area contributed by atoms with Gasteiger partial charge < -0.3 is 23.7 Å². The maximum absolute atomic E-state index is 13.9. The predicted molar refractivity (Wildman–Crippen MR) is 144 cm³/mol. The zero-order valence-electron chi connectivity index (χ0n) is 21.1. The van der Waals surface area contributed by atoms with Crippen molar-refractivity contribution in [3.8, 4) is 33.9 Å². The van der Waals surface area contributed by atoms with E-state index in [2.05, 4.69) is 19.8 Å². The van der Waals surface area contributed by atoms with Gasteiger partial charge in [0.2, 0.25) is 5.71 Å². The number of furan rings is 1. The van der Waals surface area contributed by atoms with Crippen LogP contribution in [-0.4, -0.2) is 55.4 Å².